The Labute approximate surface area is 348 Å². The van der Waals surface area contributed by atoms with Crippen LogP contribution < -0.4 is 0 Å². The van der Waals surface area contributed by atoms with Crippen molar-refractivity contribution < 1.29 is 0 Å². The summed E-state index contributed by atoms with van der Waals surface area (Å²) >= 11 is 0. The minimum absolute atomic E-state index is 0.719. The molecule has 0 saturated carbocycles. The van der Waals surface area contributed by atoms with Crippen LogP contribution >= 0.6 is 0 Å². The molecular weight excluding hydrogens is 729 g/mol. The van der Waals surface area contributed by atoms with Gasteiger partial charge in [0.2, 0.25) is 0 Å². The summed E-state index contributed by atoms with van der Waals surface area (Å²) < 4.78 is 0. The van der Waals surface area contributed by atoms with Crippen molar-refractivity contribution in [3.8, 4) is 56.3 Å². The van der Waals surface area contributed by atoms with E-state index < -0.39 is 0 Å². The molecule has 60 heavy (non-hydrogen) atoms. The van der Waals surface area contributed by atoms with Crippen molar-refractivity contribution in [1.82, 2.24) is 19.9 Å². The van der Waals surface area contributed by atoms with Gasteiger partial charge in [-0.15, -0.1) is 0 Å². The van der Waals surface area contributed by atoms with E-state index in [9.17, 15) is 0 Å². The monoisotopic (exact) mass is 768 g/mol. The van der Waals surface area contributed by atoms with E-state index in [1.54, 1.807) is 0 Å². The number of hydrogen-bond donors (Lipinski definition) is 0. The Morgan fingerprint density at radius 1 is 0.300 bits per heavy atom. The molecule has 0 aliphatic carbocycles. The molecule has 4 heteroatoms. The average Bonchev–Trinajstić information content (AvgIpc) is 3.30. The van der Waals surface area contributed by atoms with Crippen molar-refractivity contribution in [2.75, 3.05) is 0 Å². The molecule has 8 aromatic carbocycles. The molecule has 4 nitrogen and oxygen atoms in total. The first-order valence-electron chi connectivity index (χ1n) is 20.6. The maximum Gasteiger partial charge on any atom is 0.160 e. The number of nitrogens with zero attached hydrogens (tertiary/aromatic N) is 4. The van der Waals surface area contributed by atoms with Gasteiger partial charge in [-0.1, -0.05) is 158 Å². The predicted molar refractivity (Wildman–Crippen MR) is 251 cm³/mol. The third-order valence-corrected chi connectivity index (χ3v) is 12.5. The van der Waals surface area contributed by atoms with E-state index in [2.05, 4.69) is 173 Å². The summed E-state index contributed by atoms with van der Waals surface area (Å²) in [7, 11) is 0. The molecule has 0 aliphatic rings. The molecule has 0 radical (unpaired) electrons. The fraction of sp³-hybridized carbons (Fsp3) is 0.0714. The number of pyridine rings is 2. The Kier molecular flexibility index (Phi) is 8.35. The van der Waals surface area contributed by atoms with Crippen LogP contribution in [0.5, 0.6) is 0 Å². The number of aryl methyl sites for hydroxylation is 2. The lowest BCUT2D eigenvalue weighted by Gasteiger charge is -2.18. The van der Waals surface area contributed by atoms with Crippen LogP contribution in [0.15, 0.2) is 170 Å². The Morgan fingerprint density at radius 2 is 0.833 bits per heavy atom. The summed E-state index contributed by atoms with van der Waals surface area (Å²) in [6.07, 6.45) is 0. The van der Waals surface area contributed by atoms with E-state index in [1.807, 2.05) is 24.3 Å². The normalized spacial score (nSPS) is 11.7. The van der Waals surface area contributed by atoms with Crippen molar-refractivity contribution in [3.05, 3.63) is 192 Å². The van der Waals surface area contributed by atoms with Gasteiger partial charge in [-0.2, -0.15) is 0 Å². The van der Waals surface area contributed by atoms with Gasteiger partial charge in [-0.05, 0) is 94.8 Å². The maximum absolute atomic E-state index is 5.54. The number of hydrogen-bond acceptors (Lipinski definition) is 4. The molecule has 0 amide bonds. The molecule has 11 aromatic rings. The summed E-state index contributed by atoms with van der Waals surface area (Å²) in [5.74, 6) is 0.719. The molecule has 0 fully saturated rings. The van der Waals surface area contributed by atoms with Crippen molar-refractivity contribution in [2.24, 2.45) is 0 Å². The van der Waals surface area contributed by atoms with Crippen LogP contribution in [0, 0.1) is 27.7 Å². The molecule has 3 aromatic heterocycles. The highest BCUT2D eigenvalue weighted by atomic mass is 14.9. The zero-order valence-electron chi connectivity index (χ0n) is 34.0. The van der Waals surface area contributed by atoms with Gasteiger partial charge >= 0.3 is 0 Å². The molecule has 0 atom stereocenters. The second-order valence-electron chi connectivity index (χ2n) is 15.9. The fourth-order valence-corrected chi connectivity index (χ4v) is 9.13. The molecule has 11 rings (SSSR count). The zero-order valence-corrected chi connectivity index (χ0v) is 34.0. The molecule has 0 spiro atoms. The van der Waals surface area contributed by atoms with Crippen molar-refractivity contribution >= 4 is 54.3 Å². The van der Waals surface area contributed by atoms with E-state index >= 15 is 0 Å². The van der Waals surface area contributed by atoms with Gasteiger partial charge in [0.1, 0.15) is 0 Å². The lowest BCUT2D eigenvalue weighted by molar-refractivity contribution is 1.23. The molecule has 0 unspecified atom stereocenters. The van der Waals surface area contributed by atoms with Crippen molar-refractivity contribution in [2.45, 2.75) is 27.7 Å². The number of aromatic nitrogens is 4. The first-order chi connectivity index (χ1) is 29.4. The standard InChI is InChI=1S/C56H40N4/c1-33-35(3)51(58-54-41(33)28-29-42-34(2)36(4)52(59-55(42)54)47-26-15-19-37-16-8-9-22-43(37)47)40-21-14-20-39(32-40)44-30-31-48(46-24-11-10-23-45(44)46)53-49-25-12-13-27-50(49)57-56(60-53)38-17-6-5-7-18-38/h5-32H,1-4H3. The first kappa shape index (κ1) is 35.6. The van der Waals surface area contributed by atoms with Crippen LogP contribution in [-0.2, 0) is 0 Å². The quantitative estimate of drug-likeness (QED) is 0.164. The highest BCUT2D eigenvalue weighted by Gasteiger charge is 2.20. The van der Waals surface area contributed by atoms with Crippen LogP contribution in [0.25, 0.3) is 111 Å². The summed E-state index contributed by atoms with van der Waals surface area (Å²) in [5, 5.41) is 8.02. The van der Waals surface area contributed by atoms with Crippen LogP contribution in [0.3, 0.4) is 0 Å². The van der Waals surface area contributed by atoms with Gasteiger partial charge < -0.3 is 0 Å². The summed E-state index contributed by atoms with van der Waals surface area (Å²) in [4.78, 5) is 21.2. The van der Waals surface area contributed by atoms with Gasteiger partial charge in [0.05, 0.1) is 33.6 Å². The molecule has 0 N–H and O–H groups in total. The third kappa shape index (κ3) is 5.67. The lowest BCUT2D eigenvalue weighted by Crippen LogP contribution is -2.00. The van der Waals surface area contributed by atoms with Gasteiger partial charge in [-0.3, -0.25) is 0 Å². The zero-order chi connectivity index (χ0) is 40.5. The van der Waals surface area contributed by atoms with Crippen LogP contribution in [0.4, 0.5) is 0 Å². The molecule has 3 heterocycles. The SMILES string of the molecule is Cc1c(-c2cccc(-c3ccc(-c4nc(-c5ccccc5)nc5ccccc45)c4ccccc34)c2)nc2c(ccc3c(C)c(C)c(-c4cccc5ccccc45)nc32)c1C. The number of benzene rings is 8. The van der Waals surface area contributed by atoms with Gasteiger partial charge in [0.15, 0.2) is 5.82 Å². The Bertz CT molecular complexity index is 3530. The topological polar surface area (TPSA) is 51.6 Å². The lowest BCUT2D eigenvalue weighted by atomic mass is 9.91. The molecule has 0 bridgehead atoms. The largest absolute Gasteiger partial charge is 0.245 e. The minimum atomic E-state index is 0.719. The van der Waals surface area contributed by atoms with E-state index in [-0.39, 0.29) is 0 Å². The highest BCUT2D eigenvalue weighted by molar-refractivity contribution is 6.10. The first-order valence-corrected chi connectivity index (χ1v) is 20.6. The fourth-order valence-electron chi connectivity index (χ4n) is 9.13. The summed E-state index contributed by atoms with van der Waals surface area (Å²) in [6.45, 7) is 8.83. The van der Waals surface area contributed by atoms with E-state index in [4.69, 9.17) is 19.9 Å². The predicted octanol–water partition coefficient (Wildman–Crippen LogP) is 14.6. The van der Waals surface area contributed by atoms with Gasteiger partial charge in [0, 0.05) is 38.4 Å². The molecule has 284 valence electrons. The van der Waals surface area contributed by atoms with Crippen LogP contribution in [-0.4, -0.2) is 19.9 Å². The number of rotatable bonds is 5. The smallest absolute Gasteiger partial charge is 0.160 e. The molecule has 0 saturated heterocycles. The van der Waals surface area contributed by atoms with Gasteiger partial charge in [0.25, 0.3) is 0 Å². The van der Waals surface area contributed by atoms with Gasteiger partial charge in [-0.25, -0.2) is 19.9 Å². The summed E-state index contributed by atoms with van der Waals surface area (Å²) in [5.41, 5.74) is 17.1. The maximum atomic E-state index is 5.54. The Hall–Kier alpha value is -7.56. The third-order valence-electron chi connectivity index (χ3n) is 12.5. The number of fused-ring (bicyclic) bond motifs is 6. The summed E-state index contributed by atoms with van der Waals surface area (Å²) in [6, 6.07) is 60.1. The second-order valence-corrected chi connectivity index (χ2v) is 15.9. The highest BCUT2D eigenvalue weighted by Crippen LogP contribution is 2.41. The second kappa shape index (κ2) is 14.1. The van der Waals surface area contributed by atoms with Crippen LogP contribution in [0.1, 0.15) is 22.3 Å². The van der Waals surface area contributed by atoms with E-state index in [0.717, 1.165) is 99.8 Å². The minimum Gasteiger partial charge on any atom is -0.245 e. The Morgan fingerprint density at radius 3 is 1.60 bits per heavy atom. The van der Waals surface area contributed by atoms with E-state index in [1.165, 1.54) is 33.0 Å². The van der Waals surface area contributed by atoms with Crippen LogP contribution in [0.2, 0.25) is 0 Å². The van der Waals surface area contributed by atoms with Crippen molar-refractivity contribution in [1.29, 1.82) is 0 Å². The molecular formula is C56H40N4. The Balaban J connectivity index is 1.07. The van der Waals surface area contributed by atoms with E-state index in [0.29, 0.717) is 0 Å². The number of para-hydroxylation sites is 1. The molecule has 0 aliphatic heterocycles. The average molecular weight is 769 g/mol. The van der Waals surface area contributed by atoms with Crippen molar-refractivity contribution in [3.63, 3.8) is 0 Å².